The van der Waals surface area contributed by atoms with Crippen LogP contribution >= 0.6 is 0 Å². The molecule has 1 saturated heterocycles. The Bertz CT molecular complexity index is 715. The van der Waals surface area contributed by atoms with E-state index in [2.05, 4.69) is 20.5 Å². The van der Waals surface area contributed by atoms with Gasteiger partial charge in [0.05, 0.1) is 6.61 Å². The number of unbranched alkanes of at least 4 members (excludes halogenated alkanes) is 1. The number of likely N-dealkylation sites (tertiary alicyclic amines) is 1. The summed E-state index contributed by atoms with van der Waals surface area (Å²) in [6.45, 7) is 4.73. The highest BCUT2D eigenvalue weighted by molar-refractivity contribution is 5.91. The fourth-order valence-electron chi connectivity index (χ4n) is 3.33. The molecule has 2 aromatic rings. The lowest BCUT2D eigenvalue weighted by atomic mass is 10.2. The number of oxazole rings is 1. The van der Waals surface area contributed by atoms with Crippen molar-refractivity contribution >= 4 is 22.8 Å². The van der Waals surface area contributed by atoms with Crippen LogP contribution in [0.4, 0.5) is 10.5 Å². The van der Waals surface area contributed by atoms with Crippen molar-refractivity contribution in [2.24, 2.45) is 0 Å². The van der Waals surface area contributed by atoms with Crippen LogP contribution in [0.5, 0.6) is 0 Å². The molecule has 1 aliphatic rings. The number of hydrogen-bond donors (Lipinski definition) is 3. The summed E-state index contributed by atoms with van der Waals surface area (Å²) in [4.78, 5) is 18.6. The molecule has 25 heavy (non-hydrogen) atoms. The third-order valence-corrected chi connectivity index (χ3v) is 4.62. The summed E-state index contributed by atoms with van der Waals surface area (Å²) in [5.74, 6) is 0.609. The van der Waals surface area contributed by atoms with Gasteiger partial charge in [-0.25, -0.2) is 9.78 Å². The molecule has 3 rings (SSSR count). The van der Waals surface area contributed by atoms with Gasteiger partial charge in [-0.05, 0) is 57.0 Å². The van der Waals surface area contributed by atoms with Crippen LogP contribution in [0.3, 0.4) is 0 Å². The number of aliphatic hydroxyl groups excluding tert-OH is 1. The standard InChI is InChI=1S/C18H26N4O3/c1-13-20-16-11-14(6-7-17(16)25-13)21-18(24)19-8-2-3-9-22-10-4-5-15(22)12-23/h6-7,11,15,23H,2-5,8-10,12H2,1H3,(H2,19,21,24). The Morgan fingerprint density at radius 2 is 2.32 bits per heavy atom. The molecule has 3 N–H and O–H groups in total. The molecule has 1 unspecified atom stereocenters. The molecule has 0 radical (unpaired) electrons. The van der Waals surface area contributed by atoms with Crippen molar-refractivity contribution in [1.82, 2.24) is 15.2 Å². The number of nitrogens with one attached hydrogen (secondary N) is 2. The van der Waals surface area contributed by atoms with Gasteiger partial charge in [0.2, 0.25) is 0 Å². The monoisotopic (exact) mass is 346 g/mol. The third kappa shape index (κ3) is 4.70. The van der Waals surface area contributed by atoms with E-state index < -0.39 is 0 Å². The average Bonchev–Trinajstić information content (AvgIpc) is 3.19. The van der Waals surface area contributed by atoms with Crippen LogP contribution in [-0.2, 0) is 0 Å². The molecule has 1 fully saturated rings. The van der Waals surface area contributed by atoms with Gasteiger partial charge in [-0.2, -0.15) is 0 Å². The first-order valence-electron chi connectivity index (χ1n) is 8.92. The van der Waals surface area contributed by atoms with E-state index in [-0.39, 0.29) is 12.6 Å². The normalized spacial score (nSPS) is 17.9. The minimum Gasteiger partial charge on any atom is -0.441 e. The van der Waals surface area contributed by atoms with E-state index in [0.29, 0.717) is 29.7 Å². The van der Waals surface area contributed by atoms with E-state index in [1.165, 1.54) is 6.42 Å². The lowest BCUT2D eigenvalue weighted by molar-refractivity contribution is 0.157. The molecule has 7 nitrogen and oxygen atoms in total. The van der Waals surface area contributed by atoms with Crippen LogP contribution in [0.2, 0.25) is 0 Å². The van der Waals surface area contributed by atoms with Gasteiger partial charge in [-0.15, -0.1) is 0 Å². The van der Waals surface area contributed by atoms with Gasteiger partial charge in [0, 0.05) is 25.2 Å². The lowest BCUT2D eigenvalue weighted by Gasteiger charge is -2.22. The summed E-state index contributed by atoms with van der Waals surface area (Å²) in [6.07, 6.45) is 4.19. The minimum absolute atomic E-state index is 0.214. The summed E-state index contributed by atoms with van der Waals surface area (Å²) >= 11 is 0. The molecular weight excluding hydrogens is 320 g/mol. The predicted octanol–water partition coefficient (Wildman–Crippen LogP) is 2.49. The number of rotatable bonds is 7. The molecule has 1 aromatic carbocycles. The van der Waals surface area contributed by atoms with Crippen molar-refractivity contribution < 1.29 is 14.3 Å². The number of amides is 2. The van der Waals surface area contributed by atoms with Crippen LogP contribution in [0.15, 0.2) is 22.6 Å². The van der Waals surface area contributed by atoms with Crippen LogP contribution in [0.1, 0.15) is 31.6 Å². The number of aliphatic hydroxyl groups is 1. The predicted molar refractivity (Wildman–Crippen MR) is 96.7 cm³/mol. The van der Waals surface area contributed by atoms with Crippen molar-refractivity contribution in [2.75, 3.05) is 31.6 Å². The number of nitrogens with zero attached hydrogens (tertiary/aromatic N) is 2. The van der Waals surface area contributed by atoms with Gasteiger partial charge in [-0.1, -0.05) is 0 Å². The fraction of sp³-hybridized carbons (Fsp3) is 0.556. The Balaban J connectivity index is 1.36. The number of aryl methyl sites for hydroxylation is 1. The van der Waals surface area contributed by atoms with Gasteiger partial charge < -0.3 is 20.2 Å². The van der Waals surface area contributed by atoms with E-state index in [9.17, 15) is 9.90 Å². The molecule has 0 saturated carbocycles. The maximum atomic E-state index is 12.0. The molecule has 0 spiro atoms. The number of carbonyl (C=O) groups is 1. The van der Waals surface area contributed by atoms with Crippen molar-refractivity contribution in [3.63, 3.8) is 0 Å². The number of benzene rings is 1. The molecule has 2 amide bonds. The average molecular weight is 346 g/mol. The second-order valence-electron chi connectivity index (χ2n) is 6.52. The maximum Gasteiger partial charge on any atom is 0.319 e. The molecule has 1 atom stereocenters. The number of urea groups is 1. The van der Waals surface area contributed by atoms with Gasteiger partial charge in [0.1, 0.15) is 5.52 Å². The zero-order valence-corrected chi connectivity index (χ0v) is 14.6. The van der Waals surface area contributed by atoms with E-state index >= 15 is 0 Å². The molecular formula is C18H26N4O3. The van der Waals surface area contributed by atoms with E-state index in [4.69, 9.17) is 4.42 Å². The molecule has 136 valence electrons. The van der Waals surface area contributed by atoms with Gasteiger partial charge >= 0.3 is 6.03 Å². The number of fused-ring (bicyclic) bond motifs is 1. The van der Waals surface area contributed by atoms with Crippen LogP contribution in [0.25, 0.3) is 11.1 Å². The summed E-state index contributed by atoms with van der Waals surface area (Å²) in [5.41, 5.74) is 2.15. The maximum absolute atomic E-state index is 12.0. The van der Waals surface area contributed by atoms with Crippen molar-refractivity contribution in [3.05, 3.63) is 24.1 Å². The highest BCUT2D eigenvalue weighted by Crippen LogP contribution is 2.19. The first-order valence-corrected chi connectivity index (χ1v) is 8.92. The van der Waals surface area contributed by atoms with Crippen molar-refractivity contribution in [1.29, 1.82) is 0 Å². The number of anilines is 1. The van der Waals surface area contributed by atoms with Gasteiger partial charge in [0.25, 0.3) is 0 Å². The van der Waals surface area contributed by atoms with Crippen LogP contribution < -0.4 is 10.6 Å². The molecule has 7 heteroatoms. The smallest absolute Gasteiger partial charge is 0.319 e. The fourth-order valence-corrected chi connectivity index (χ4v) is 3.33. The molecule has 0 bridgehead atoms. The lowest BCUT2D eigenvalue weighted by Crippen LogP contribution is -2.34. The Morgan fingerprint density at radius 1 is 1.44 bits per heavy atom. The van der Waals surface area contributed by atoms with Crippen LogP contribution in [-0.4, -0.2) is 53.3 Å². The van der Waals surface area contributed by atoms with Crippen molar-refractivity contribution in [2.45, 2.75) is 38.6 Å². The summed E-state index contributed by atoms with van der Waals surface area (Å²) in [5, 5.41) is 15.0. The largest absolute Gasteiger partial charge is 0.441 e. The Kier molecular flexibility index (Phi) is 5.88. The molecule has 1 aliphatic heterocycles. The highest BCUT2D eigenvalue weighted by Gasteiger charge is 2.22. The SMILES string of the molecule is Cc1nc2cc(NC(=O)NCCCCN3CCCC3CO)ccc2o1. The van der Waals surface area contributed by atoms with E-state index in [1.807, 2.05) is 0 Å². The summed E-state index contributed by atoms with van der Waals surface area (Å²) < 4.78 is 5.42. The third-order valence-electron chi connectivity index (χ3n) is 4.62. The highest BCUT2D eigenvalue weighted by atomic mass is 16.3. The Morgan fingerprint density at radius 3 is 3.16 bits per heavy atom. The minimum atomic E-state index is -0.214. The first-order chi connectivity index (χ1) is 12.2. The second kappa shape index (κ2) is 8.31. The molecule has 0 aliphatic carbocycles. The first kappa shape index (κ1) is 17.7. The Hall–Kier alpha value is -2.12. The molecule has 2 heterocycles. The second-order valence-corrected chi connectivity index (χ2v) is 6.52. The topological polar surface area (TPSA) is 90.6 Å². The number of hydrogen-bond acceptors (Lipinski definition) is 5. The van der Waals surface area contributed by atoms with E-state index in [1.54, 1.807) is 25.1 Å². The molecule has 1 aromatic heterocycles. The zero-order valence-electron chi connectivity index (χ0n) is 14.6. The van der Waals surface area contributed by atoms with E-state index in [0.717, 1.165) is 37.9 Å². The van der Waals surface area contributed by atoms with Gasteiger partial charge in [-0.3, -0.25) is 4.90 Å². The zero-order chi connectivity index (χ0) is 17.6. The summed E-state index contributed by atoms with van der Waals surface area (Å²) in [7, 11) is 0. The number of aromatic nitrogens is 1. The van der Waals surface area contributed by atoms with Crippen molar-refractivity contribution in [3.8, 4) is 0 Å². The van der Waals surface area contributed by atoms with Crippen LogP contribution in [0, 0.1) is 6.92 Å². The Labute approximate surface area is 147 Å². The summed E-state index contributed by atoms with van der Waals surface area (Å²) in [6, 6.07) is 5.52. The van der Waals surface area contributed by atoms with Gasteiger partial charge in [0.15, 0.2) is 11.5 Å². The quantitative estimate of drug-likeness (QED) is 0.670. The number of carbonyl (C=O) groups excluding carboxylic acids is 1.